The van der Waals surface area contributed by atoms with Gasteiger partial charge in [-0.2, -0.15) is 5.10 Å². The molecule has 8 heteroatoms. The minimum Gasteiger partial charge on any atom is -0.480 e. The number of para-hydroxylation sites is 1. The third-order valence-electron chi connectivity index (χ3n) is 3.17. The maximum absolute atomic E-state index is 11.9. The van der Waals surface area contributed by atoms with E-state index < -0.39 is 18.2 Å². The van der Waals surface area contributed by atoms with Crippen molar-refractivity contribution in [2.45, 2.75) is 6.42 Å². The number of anilines is 1. The van der Waals surface area contributed by atoms with Gasteiger partial charge in [0.25, 0.3) is 0 Å². The number of rotatable bonds is 7. The molecule has 2 aromatic carbocycles. The second kappa shape index (κ2) is 10.2. The van der Waals surface area contributed by atoms with E-state index in [0.29, 0.717) is 22.0 Å². The van der Waals surface area contributed by atoms with Gasteiger partial charge in [-0.15, -0.1) is 6.42 Å². The molecule has 0 heterocycles. The Hall–Kier alpha value is -3.01. The molecule has 0 atom stereocenters. The van der Waals surface area contributed by atoms with Gasteiger partial charge in [-0.05, 0) is 24.3 Å². The Morgan fingerprint density at radius 3 is 2.70 bits per heavy atom. The number of nitrogens with zero attached hydrogens (tertiary/aromatic N) is 1. The first-order valence-electron chi connectivity index (χ1n) is 7.72. The predicted octanol–water partition coefficient (Wildman–Crippen LogP) is 3.48. The van der Waals surface area contributed by atoms with Gasteiger partial charge in [0.15, 0.2) is 0 Å². The van der Waals surface area contributed by atoms with Crippen LogP contribution in [0.15, 0.2) is 47.6 Å². The maximum Gasteiger partial charge on any atom is 0.249 e. The van der Waals surface area contributed by atoms with Crippen LogP contribution in [0.1, 0.15) is 12.0 Å². The number of nitrogens with one attached hydrogen (secondary N) is 2. The quantitative estimate of drug-likeness (QED) is 0.321. The molecule has 2 aromatic rings. The average molecular weight is 404 g/mol. The van der Waals surface area contributed by atoms with E-state index in [1.807, 2.05) is 0 Å². The Morgan fingerprint density at radius 2 is 1.93 bits per heavy atom. The summed E-state index contributed by atoms with van der Waals surface area (Å²) < 4.78 is 5.37. The van der Waals surface area contributed by atoms with Crippen LogP contribution in [-0.2, 0) is 9.59 Å². The monoisotopic (exact) mass is 403 g/mol. The molecule has 27 heavy (non-hydrogen) atoms. The summed E-state index contributed by atoms with van der Waals surface area (Å²) in [4.78, 5) is 23.8. The molecule has 6 nitrogen and oxygen atoms in total. The number of carbonyl (C=O) groups excluding carboxylic acids is 2. The van der Waals surface area contributed by atoms with Gasteiger partial charge in [0.05, 0.1) is 21.9 Å². The second-order valence-electron chi connectivity index (χ2n) is 5.15. The van der Waals surface area contributed by atoms with Crippen molar-refractivity contribution in [1.82, 2.24) is 5.43 Å². The molecule has 0 saturated heterocycles. The Kier molecular flexibility index (Phi) is 7.68. The van der Waals surface area contributed by atoms with Crippen LogP contribution in [-0.4, -0.2) is 24.6 Å². The molecule has 0 aliphatic rings. The molecule has 0 radical (unpaired) electrons. The van der Waals surface area contributed by atoms with Gasteiger partial charge < -0.3 is 10.1 Å². The molecule has 0 fully saturated rings. The molecule has 0 bridgehead atoms. The van der Waals surface area contributed by atoms with Crippen molar-refractivity contribution in [3.63, 3.8) is 0 Å². The zero-order valence-corrected chi connectivity index (χ0v) is 15.6. The van der Waals surface area contributed by atoms with Crippen LogP contribution >= 0.6 is 23.2 Å². The fourth-order valence-electron chi connectivity index (χ4n) is 1.99. The fraction of sp³-hybridized carbons (Fsp3) is 0.105. The number of benzene rings is 2. The van der Waals surface area contributed by atoms with Crippen molar-refractivity contribution in [2.75, 3.05) is 11.9 Å². The summed E-state index contributed by atoms with van der Waals surface area (Å²) in [6, 6.07) is 11.8. The average Bonchev–Trinajstić information content (AvgIpc) is 2.64. The molecule has 0 unspecified atom stereocenters. The van der Waals surface area contributed by atoms with Crippen LogP contribution in [0.4, 0.5) is 5.69 Å². The summed E-state index contributed by atoms with van der Waals surface area (Å²) in [7, 11) is 0. The van der Waals surface area contributed by atoms with Gasteiger partial charge in [-0.1, -0.05) is 47.3 Å². The highest BCUT2D eigenvalue weighted by atomic mass is 35.5. The van der Waals surface area contributed by atoms with Crippen molar-refractivity contribution in [1.29, 1.82) is 0 Å². The first-order valence-corrected chi connectivity index (χ1v) is 8.48. The van der Waals surface area contributed by atoms with E-state index in [1.54, 1.807) is 42.5 Å². The molecule has 2 rings (SSSR count). The van der Waals surface area contributed by atoms with E-state index in [1.165, 1.54) is 6.21 Å². The number of hydrogen-bond acceptors (Lipinski definition) is 4. The van der Waals surface area contributed by atoms with E-state index in [9.17, 15) is 9.59 Å². The van der Waals surface area contributed by atoms with Crippen molar-refractivity contribution in [3.05, 3.63) is 58.1 Å². The lowest BCUT2D eigenvalue weighted by Crippen LogP contribution is -2.24. The zero-order valence-electron chi connectivity index (χ0n) is 14.0. The molecule has 2 N–H and O–H groups in total. The number of amides is 2. The van der Waals surface area contributed by atoms with Gasteiger partial charge >= 0.3 is 0 Å². The summed E-state index contributed by atoms with van der Waals surface area (Å²) in [5.41, 5.74) is 3.22. The van der Waals surface area contributed by atoms with Gasteiger partial charge in [-0.3, -0.25) is 9.59 Å². The molecular weight excluding hydrogens is 389 g/mol. The minimum absolute atomic E-state index is 0.115. The normalized spacial score (nSPS) is 10.3. The topological polar surface area (TPSA) is 79.8 Å². The van der Waals surface area contributed by atoms with Gasteiger partial charge in [0, 0.05) is 5.56 Å². The molecule has 0 spiro atoms. The Bertz CT molecular complexity index is 907. The SMILES string of the molecule is C#CCOc1ccccc1C=NNC(=O)CC(=O)Nc1cccc(Cl)c1Cl. The third-order valence-corrected chi connectivity index (χ3v) is 3.99. The lowest BCUT2D eigenvalue weighted by molar-refractivity contribution is -0.126. The third kappa shape index (κ3) is 6.33. The number of carbonyl (C=O) groups is 2. The second-order valence-corrected chi connectivity index (χ2v) is 5.94. The predicted molar refractivity (Wildman–Crippen MR) is 106 cm³/mol. The molecule has 2 amide bonds. The van der Waals surface area contributed by atoms with Crippen LogP contribution in [0.25, 0.3) is 0 Å². The van der Waals surface area contributed by atoms with Crippen LogP contribution in [0.3, 0.4) is 0 Å². The maximum atomic E-state index is 11.9. The van der Waals surface area contributed by atoms with E-state index >= 15 is 0 Å². The van der Waals surface area contributed by atoms with Crippen molar-refractivity contribution >= 4 is 46.9 Å². The Balaban J connectivity index is 1.89. The van der Waals surface area contributed by atoms with Crippen LogP contribution in [0.5, 0.6) is 5.75 Å². The standard InChI is InChI=1S/C19H15Cl2N3O3/c1-2-10-27-16-9-4-3-6-13(16)12-22-24-18(26)11-17(25)23-15-8-5-7-14(20)19(15)21/h1,3-9,12H,10-11H2,(H,23,25)(H,24,26). The minimum atomic E-state index is -0.594. The summed E-state index contributed by atoms with van der Waals surface area (Å²) in [5, 5.41) is 6.84. The van der Waals surface area contributed by atoms with Crippen LogP contribution in [0, 0.1) is 12.3 Å². The van der Waals surface area contributed by atoms with Crippen molar-refractivity contribution in [2.24, 2.45) is 5.10 Å². The van der Waals surface area contributed by atoms with Crippen molar-refractivity contribution in [3.8, 4) is 18.1 Å². The van der Waals surface area contributed by atoms with E-state index in [2.05, 4.69) is 21.8 Å². The van der Waals surface area contributed by atoms with Crippen LogP contribution in [0.2, 0.25) is 10.0 Å². The summed E-state index contributed by atoms with van der Waals surface area (Å²) in [5.74, 6) is 1.75. The Labute approximate surface area is 166 Å². The lowest BCUT2D eigenvalue weighted by Gasteiger charge is -2.07. The summed E-state index contributed by atoms with van der Waals surface area (Å²) in [6.07, 6.45) is 6.13. The molecule has 0 aromatic heterocycles. The van der Waals surface area contributed by atoms with E-state index in [-0.39, 0.29) is 11.6 Å². The van der Waals surface area contributed by atoms with Crippen LogP contribution < -0.4 is 15.5 Å². The number of ether oxygens (including phenoxy) is 1. The molecular formula is C19H15Cl2N3O3. The molecule has 0 saturated carbocycles. The highest BCUT2D eigenvalue weighted by Gasteiger charge is 2.12. The lowest BCUT2D eigenvalue weighted by atomic mass is 10.2. The highest BCUT2D eigenvalue weighted by Crippen LogP contribution is 2.29. The number of hydrazone groups is 1. The first kappa shape index (κ1) is 20.3. The summed E-state index contributed by atoms with van der Waals surface area (Å²) >= 11 is 11.9. The smallest absolute Gasteiger partial charge is 0.249 e. The fourth-order valence-corrected chi connectivity index (χ4v) is 2.34. The molecule has 138 valence electrons. The van der Waals surface area contributed by atoms with E-state index in [0.717, 1.165) is 0 Å². The first-order chi connectivity index (χ1) is 13.0. The number of terminal acetylenes is 1. The van der Waals surface area contributed by atoms with Crippen molar-refractivity contribution < 1.29 is 14.3 Å². The van der Waals surface area contributed by atoms with Gasteiger partial charge in [0.2, 0.25) is 11.8 Å². The Morgan fingerprint density at radius 1 is 1.15 bits per heavy atom. The zero-order chi connectivity index (χ0) is 19.6. The summed E-state index contributed by atoms with van der Waals surface area (Å²) in [6.45, 7) is 0.115. The number of halogens is 2. The van der Waals surface area contributed by atoms with Gasteiger partial charge in [0.1, 0.15) is 18.8 Å². The highest BCUT2D eigenvalue weighted by molar-refractivity contribution is 6.44. The van der Waals surface area contributed by atoms with E-state index in [4.69, 9.17) is 34.4 Å². The van der Waals surface area contributed by atoms with Gasteiger partial charge in [-0.25, -0.2) is 5.43 Å². The largest absolute Gasteiger partial charge is 0.480 e. The molecule has 0 aliphatic carbocycles. The molecule has 0 aliphatic heterocycles. The number of hydrogen-bond donors (Lipinski definition) is 2.